The molecule has 2 rings (SSSR count). The van der Waals surface area contributed by atoms with Crippen LogP contribution in [0.3, 0.4) is 0 Å². The van der Waals surface area contributed by atoms with Crippen molar-refractivity contribution in [2.75, 3.05) is 13.3 Å². The second-order valence-corrected chi connectivity index (χ2v) is 9.54. The highest BCUT2D eigenvalue weighted by Crippen LogP contribution is 2.34. The molecule has 0 aromatic heterocycles. The molecule has 0 heterocycles. The Morgan fingerprint density at radius 3 is 2.19 bits per heavy atom. The average Bonchev–Trinajstić information content (AvgIpc) is 2.60. The fourth-order valence-electron chi connectivity index (χ4n) is 2.33. The van der Waals surface area contributed by atoms with Crippen molar-refractivity contribution >= 4 is 24.5 Å². The summed E-state index contributed by atoms with van der Waals surface area (Å²) < 4.78 is 17.1. The summed E-state index contributed by atoms with van der Waals surface area (Å²) in [6.07, 6.45) is -0.683. The van der Waals surface area contributed by atoms with E-state index in [9.17, 15) is 19.3 Å². The molecule has 0 aliphatic rings. The minimum atomic E-state index is -2.36. The van der Waals surface area contributed by atoms with Crippen LogP contribution < -0.4 is 10.6 Å². The van der Waals surface area contributed by atoms with E-state index in [1.54, 1.807) is 37.6 Å². The van der Waals surface area contributed by atoms with Gasteiger partial charge in [0, 0.05) is 11.7 Å². The van der Waals surface area contributed by atoms with Crippen LogP contribution >= 0.6 is 7.14 Å². The SMILES string of the molecule is CP(C)(=O)c1ccc(C[C@H](NC(=O)OCc2ccccc2)C(=O)O)cc1. The summed E-state index contributed by atoms with van der Waals surface area (Å²) in [5.74, 6) is -1.15. The van der Waals surface area contributed by atoms with Crippen molar-refractivity contribution in [2.24, 2.45) is 0 Å². The number of nitrogens with one attached hydrogen (secondary N) is 1. The molecule has 2 N–H and O–H groups in total. The monoisotopic (exact) mass is 375 g/mol. The Balaban J connectivity index is 1.95. The zero-order chi connectivity index (χ0) is 19.2. The standard InChI is InChI=1S/C19H22NO5P/c1-26(2,24)16-10-8-14(9-11-16)12-17(18(21)22)20-19(23)25-13-15-6-4-3-5-7-15/h3-11,17H,12-13H2,1-2H3,(H,20,23)(H,21,22)/t17-/m0/s1. The quantitative estimate of drug-likeness (QED) is 0.726. The van der Waals surface area contributed by atoms with E-state index < -0.39 is 25.2 Å². The molecule has 0 radical (unpaired) electrons. The van der Waals surface area contributed by atoms with Gasteiger partial charge < -0.3 is 19.7 Å². The molecule has 2 aromatic rings. The minimum Gasteiger partial charge on any atom is -0.480 e. The predicted molar refractivity (Wildman–Crippen MR) is 100 cm³/mol. The van der Waals surface area contributed by atoms with Crippen molar-refractivity contribution in [2.45, 2.75) is 19.1 Å². The van der Waals surface area contributed by atoms with Crippen LogP contribution in [0.25, 0.3) is 0 Å². The summed E-state index contributed by atoms with van der Waals surface area (Å²) in [4.78, 5) is 23.3. The maximum absolute atomic E-state index is 12.0. The fourth-order valence-corrected chi connectivity index (χ4v) is 3.20. The number of hydrogen-bond donors (Lipinski definition) is 2. The summed E-state index contributed by atoms with van der Waals surface area (Å²) in [6.45, 7) is 3.41. The summed E-state index contributed by atoms with van der Waals surface area (Å²) in [5.41, 5.74) is 1.53. The van der Waals surface area contributed by atoms with Gasteiger partial charge >= 0.3 is 12.1 Å². The van der Waals surface area contributed by atoms with Crippen molar-refractivity contribution < 1.29 is 24.0 Å². The van der Waals surface area contributed by atoms with Crippen LogP contribution in [-0.2, 0) is 27.1 Å². The van der Waals surface area contributed by atoms with Gasteiger partial charge in [-0.3, -0.25) is 0 Å². The first-order valence-corrected chi connectivity index (χ1v) is 10.7. The third-order valence-corrected chi connectivity index (χ3v) is 5.34. The summed E-state index contributed by atoms with van der Waals surface area (Å²) in [5, 5.41) is 12.4. The van der Waals surface area contributed by atoms with Crippen LogP contribution in [0.1, 0.15) is 11.1 Å². The third kappa shape index (κ3) is 6.05. The number of benzene rings is 2. The number of carboxylic acids is 1. The molecule has 138 valence electrons. The Labute approximate surface area is 152 Å². The topological polar surface area (TPSA) is 92.7 Å². The lowest BCUT2D eigenvalue weighted by molar-refractivity contribution is -0.139. The molecule has 1 amide bonds. The van der Waals surface area contributed by atoms with Crippen LogP contribution in [0.4, 0.5) is 4.79 Å². The van der Waals surface area contributed by atoms with Crippen LogP contribution in [0.2, 0.25) is 0 Å². The smallest absolute Gasteiger partial charge is 0.408 e. The Morgan fingerprint density at radius 2 is 1.65 bits per heavy atom. The molecule has 0 aliphatic carbocycles. The molecule has 2 aromatic carbocycles. The lowest BCUT2D eigenvalue weighted by atomic mass is 10.1. The molecule has 0 saturated carbocycles. The first-order valence-electron chi connectivity index (χ1n) is 8.10. The van der Waals surface area contributed by atoms with Gasteiger partial charge in [0.2, 0.25) is 0 Å². The molecule has 1 atom stereocenters. The van der Waals surface area contributed by atoms with E-state index >= 15 is 0 Å². The van der Waals surface area contributed by atoms with Gasteiger partial charge in [-0.2, -0.15) is 0 Å². The van der Waals surface area contributed by atoms with Gasteiger partial charge in [0.25, 0.3) is 0 Å². The Bertz CT molecular complexity index is 798. The Hall–Kier alpha value is -2.59. The highest BCUT2D eigenvalue weighted by molar-refractivity contribution is 7.70. The van der Waals surface area contributed by atoms with E-state index in [2.05, 4.69) is 5.32 Å². The van der Waals surface area contributed by atoms with E-state index in [0.29, 0.717) is 0 Å². The molecule has 0 bridgehead atoms. The molecule has 7 heteroatoms. The molecular weight excluding hydrogens is 353 g/mol. The minimum absolute atomic E-state index is 0.0655. The zero-order valence-corrected chi connectivity index (χ0v) is 15.6. The highest BCUT2D eigenvalue weighted by atomic mass is 31.2. The van der Waals surface area contributed by atoms with Gasteiger partial charge in [-0.25, -0.2) is 9.59 Å². The van der Waals surface area contributed by atoms with E-state index in [1.165, 1.54) is 0 Å². The third-order valence-electron chi connectivity index (χ3n) is 3.80. The van der Waals surface area contributed by atoms with Crippen LogP contribution in [0.15, 0.2) is 54.6 Å². The molecule has 0 fully saturated rings. The van der Waals surface area contributed by atoms with Crippen molar-refractivity contribution in [3.8, 4) is 0 Å². The lowest BCUT2D eigenvalue weighted by Crippen LogP contribution is -2.42. The number of ether oxygens (including phenoxy) is 1. The van der Waals surface area contributed by atoms with Crippen molar-refractivity contribution in [1.29, 1.82) is 0 Å². The summed E-state index contributed by atoms with van der Waals surface area (Å²) in [7, 11) is -2.36. The van der Waals surface area contributed by atoms with Gasteiger partial charge in [0.05, 0.1) is 0 Å². The normalized spacial score (nSPS) is 12.2. The number of amides is 1. The van der Waals surface area contributed by atoms with E-state index in [1.807, 2.05) is 30.3 Å². The first kappa shape index (κ1) is 19.7. The van der Waals surface area contributed by atoms with E-state index in [0.717, 1.165) is 16.4 Å². The van der Waals surface area contributed by atoms with Gasteiger partial charge in [0.1, 0.15) is 19.8 Å². The highest BCUT2D eigenvalue weighted by Gasteiger charge is 2.21. The average molecular weight is 375 g/mol. The van der Waals surface area contributed by atoms with Crippen molar-refractivity contribution in [3.63, 3.8) is 0 Å². The molecular formula is C19H22NO5P. The van der Waals surface area contributed by atoms with Crippen LogP contribution in [-0.4, -0.2) is 36.5 Å². The van der Waals surface area contributed by atoms with Crippen molar-refractivity contribution in [3.05, 3.63) is 65.7 Å². The number of carbonyl (C=O) groups is 2. The molecule has 26 heavy (non-hydrogen) atoms. The lowest BCUT2D eigenvalue weighted by Gasteiger charge is -2.15. The maximum atomic E-state index is 12.0. The second-order valence-electron chi connectivity index (χ2n) is 6.32. The summed E-state index contributed by atoms with van der Waals surface area (Å²) in [6, 6.07) is 14.9. The first-order chi connectivity index (χ1) is 12.3. The fraction of sp³-hybridized carbons (Fsp3) is 0.263. The molecule has 0 aliphatic heterocycles. The zero-order valence-electron chi connectivity index (χ0n) is 14.7. The Morgan fingerprint density at radius 1 is 1.04 bits per heavy atom. The largest absolute Gasteiger partial charge is 0.480 e. The summed E-state index contributed by atoms with van der Waals surface area (Å²) >= 11 is 0. The van der Waals surface area contributed by atoms with Gasteiger partial charge in [-0.15, -0.1) is 0 Å². The van der Waals surface area contributed by atoms with Gasteiger partial charge in [-0.1, -0.05) is 54.6 Å². The molecule has 0 unspecified atom stereocenters. The number of carboxylic acid groups (broad SMARTS) is 1. The Kier molecular flexibility index (Phi) is 6.58. The second kappa shape index (κ2) is 8.68. The van der Waals surface area contributed by atoms with Crippen LogP contribution in [0, 0.1) is 0 Å². The van der Waals surface area contributed by atoms with E-state index in [-0.39, 0.29) is 13.0 Å². The van der Waals surface area contributed by atoms with Crippen molar-refractivity contribution in [1.82, 2.24) is 5.32 Å². The number of hydrogen-bond acceptors (Lipinski definition) is 4. The number of carbonyl (C=O) groups excluding carboxylic acids is 1. The predicted octanol–water partition coefficient (Wildman–Crippen LogP) is 2.86. The number of aliphatic carboxylic acids is 1. The number of alkyl carbamates (subject to hydrolysis) is 1. The number of rotatable bonds is 7. The molecule has 0 spiro atoms. The van der Waals surface area contributed by atoms with E-state index in [4.69, 9.17) is 4.74 Å². The van der Waals surface area contributed by atoms with Gasteiger partial charge in [-0.05, 0) is 24.5 Å². The molecule has 0 saturated heterocycles. The molecule has 6 nitrogen and oxygen atoms in total. The van der Waals surface area contributed by atoms with Gasteiger partial charge in [0.15, 0.2) is 0 Å². The van der Waals surface area contributed by atoms with Crippen LogP contribution in [0.5, 0.6) is 0 Å². The maximum Gasteiger partial charge on any atom is 0.408 e.